The quantitative estimate of drug-likeness (QED) is 0.245. The molecule has 0 aliphatic heterocycles. The Labute approximate surface area is 176 Å². The Kier molecular flexibility index (Phi) is 6.25. The average molecular weight is 486 g/mol. The van der Waals surface area contributed by atoms with Gasteiger partial charge in [0.25, 0.3) is 0 Å². The fourth-order valence-corrected chi connectivity index (χ4v) is 3.50. The molecule has 0 fully saturated rings. The smallest absolute Gasteiger partial charge is 0.407 e. The van der Waals surface area contributed by atoms with Gasteiger partial charge in [0.15, 0.2) is 0 Å². The molecule has 0 aliphatic carbocycles. The molecule has 28 heavy (non-hydrogen) atoms. The van der Waals surface area contributed by atoms with Crippen molar-refractivity contribution in [3.8, 4) is 11.1 Å². The number of halogens is 1. The van der Waals surface area contributed by atoms with Crippen molar-refractivity contribution in [1.82, 2.24) is 9.88 Å². The molecular formula is C21H19IN4O2. The number of aromatic nitrogens is 1. The monoisotopic (exact) mass is 486 g/mol. The van der Waals surface area contributed by atoms with Gasteiger partial charge in [-0.3, -0.25) is 4.98 Å². The summed E-state index contributed by atoms with van der Waals surface area (Å²) in [4.78, 5) is 16.4. The maximum absolute atomic E-state index is 11.0. The topological polar surface area (TPSA) is 91.8 Å². The fraction of sp³-hybridized carbons (Fsp3) is 0.0952. The number of hydrogen-bond acceptors (Lipinski definition) is 4. The average Bonchev–Trinajstić information content (AvgIpc) is 2.71. The van der Waals surface area contributed by atoms with Crippen molar-refractivity contribution in [2.24, 2.45) is 10.9 Å². The molecule has 0 bridgehead atoms. The van der Waals surface area contributed by atoms with E-state index in [-0.39, 0.29) is 0 Å². The van der Waals surface area contributed by atoms with Crippen LogP contribution in [0.2, 0.25) is 0 Å². The van der Waals surface area contributed by atoms with Gasteiger partial charge in [0.05, 0.1) is 5.71 Å². The Morgan fingerprint density at radius 2 is 1.86 bits per heavy atom. The molecule has 1 heterocycles. The number of pyridine rings is 1. The van der Waals surface area contributed by atoms with Crippen molar-refractivity contribution in [1.29, 1.82) is 0 Å². The van der Waals surface area contributed by atoms with Crippen molar-refractivity contribution < 1.29 is 9.90 Å². The lowest BCUT2D eigenvalue weighted by Gasteiger charge is -2.15. The molecular weight excluding hydrogens is 467 g/mol. The predicted octanol–water partition coefficient (Wildman–Crippen LogP) is 4.17. The van der Waals surface area contributed by atoms with E-state index in [0.29, 0.717) is 12.3 Å². The maximum Gasteiger partial charge on any atom is 0.407 e. The zero-order chi connectivity index (χ0) is 20.1. The Hall–Kier alpha value is -2.94. The van der Waals surface area contributed by atoms with Crippen LogP contribution >= 0.6 is 22.6 Å². The van der Waals surface area contributed by atoms with Crippen molar-refractivity contribution in [2.45, 2.75) is 6.54 Å². The molecule has 142 valence electrons. The van der Waals surface area contributed by atoms with Crippen molar-refractivity contribution in [3.63, 3.8) is 0 Å². The molecule has 6 nitrogen and oxygen atoms in total. The second-order valence-electron chi connectivity index (χ2n) is 6.24. The molecule has 0 aliphatic rings. The second kappa shape index (κ2) is 8.83. The minimum Gasteiger partial charge on any atom is -0.465 e. The van der Waals surface area contributed by atoms with Crippen molar-refractivity contribution >= 4 is 34.4 Å². The summed E-state index contributed by atoms with van der Waals surface area (Å²) in [5.41, 5.74) is 5.49. The summed E-state index contributed by atoms with van der Waals surface area (Å²) in [5.74, 6) is 5.68. The van der Waals surface area contributed by atoms with Crippen LogP contribution in [-0.2, 0) is 6.54 Å². The Balaban J connectivity index is 1.85. The normalized spacial score (nSPS) is 11.3. The number of hydrogen-bond donors (Lipinski definition) is 2. The number of carbonyl (C=O) groups is 1. The first-order chi connectivity index (χ1) is 13.5. The predicted molar refractivity (Wildman–Crippen MR) is 118 cm³/mol. The molecule has 0 radical (unpaired) electrons. The number of carboxylic acid groups (broad SMARTS) is 1. The van der Waals surface area contributed by atoms with Gasteiger partial charge in [0, 0.05) is 40.7 Å². The number of amides is 1. The first-order valence-electron chi connectivity index (χ1n) is 8.51. The molecule has 3 N–H and O–H groups in total. The molecule has 0 atom stereocenters. The van der Waals surface area contributed by atoms with Gasteiger partial charge in [-0.25, -0.2) is 4.79 Å². The highest BCUT2D eigenvalue weighted by Gasteiger charge is 2.13. The molecule has 2 aromatic carbocycles. The molecule has 0 unspecified atom stereocenters. The standard InChI is InChI=1S/C21H19IN4O2/c1-26(21(27)28)13-18-9-8-16(11-19(18)22)20(25-23)15-6-4-14(5-7-15)17-3-2-10-24-12-17/h2-12H,13,23H2,1H3,(H,27,28)/b25-20-. The highest BCUT2D eigenvalue weighted by atomic mass is 127. The molecule has 0 saturated carbocycles. The van der Waals surface area contributed by atoms with E-state index >= 15 is 0 Å². The number of nitrogens with zero attached hydrogens (tertiary/aromatic N) is 3. The largest absolute Gasteiger partial charge is 0.465 e. The van der Waals surface area contributed by atoms with Crippen LogP contribution in [0.3, 0.4) is 0 Å². The third-order valence-corrected chi connectivity index (χ3v) is 5.35. The van der Waals surface area contributed by atoms with Crippen molar-refractivity contribution in [3.05, 3.63) is 87.3 Å². The van der Waals surface area contributed by atoms with E-state index in [4.69, 9.17) is 10.9 Å². The van der Waals surface area contributed by atoms with Crippen LogP contribution < -0.4 is 5.84 Å². The first-order valence-corrected chi connectivity index (χ1v) is 9.59. The molecule has 1 aromatic heterocycles. The third kappa shape index (κ3) is 4.48. The van der Waals surface area contributed by atoms with Gasteiger partial charge >= 0.3 is 6.09 Å². The van der Waals surface area contributed by atoms with Crippen LogP contribution in [-0.4, -0.2) is 33.8 Å². The minimum absolute atomic E-state index is 0.322. The first kappa shape index (κ1) is 19.8. The van der Waals surface area contributed by atoms with Crippen LogP contribution in [0, 0.1) is 3.57 Å². The van der Waals surface area contributed by atoms with Crippen LogP contribution in [0.5, 0.6) is 0 Å². The number of hydrazone groups is 1. The summed E-state index contributed by atoms with van der Waals surface area (Å²) in [5, 5.41) is 13.0. The third-order valence-electron chi connectivity index (χ3n) is 4.34. The highest BCUT2D eigenvalue weighted by Crippen LogP contribution is 2.22. The van der Waals surface area contributed by atoms with Crippen molar-refractivity contribution in [2.75, 3.05) is 7.05 Å². The molecule has 3 aromatic rings. The molecule has 1 amide bonds. The summed E-state index contributed by atoms with van der Waals surface area (Å²) < 4.78 is 0.955. The number of benzene rings is 2. The van der Waals surface area contributed by atoms with Gasteiger partial charge < -0.3 is 15.8 Å². The molecule has 0 spiro atoms. The van der Waals surface area contributed by atoms with Gasteiger partial charge in [-0.15, -0.1) is 0 Å². The van der Waals surface area contributed by atoms with E-state index in [1.54, 1.807) is 13.2 Å². The van der Waals surface area contributed by atoms with E-state index < -0.39 is 6.09 Å². The lowest BCUT2D eigenvalue weighted by molar-refractivity contribution is 0.153. The molecule has 7 heteroatoms. The van der Waals surface area contributed by atoms with Gasteiger partial charge in [-0.1, -0.05) is 42.5 Å². The zero-order valence-corrected chi connectivity index (χ0v) is 17.4. The van der Waals surface area contributed by atoms with Crippen LogP contribution in [0.1, 0.15) is 16.7 Å². The SMILES string of the molecule is CN(Cc1ccc(/C(=N\N)c2ccc(-c3cccnc3)cc2)cc1I)C(=O)O. The zero-order valence-electron chi connectivity index (χ0n) is 15.2. The van der Waals surface area contributed by atoms with Gasteiger partial charge in [0.2, 0.25) is 0 Å². The Morgan fingerprint density at radius 3 is 2.43 bits per heavy atom. The van der Waals surface area contributed by atoms with Gasteiger partial charge in [0.1, 0.15) is 0 Å². The lowest BCUT2D eigenvalue weighted by Crippen LogP contribution is -2.24. The fourth-order valence-electron chi connectivity index (χ4n) is 2.82. The molecule has 0 saturated heterocycles. The summed E-state index contributed by atoms with van der Waals surface area (Å²) in [6, 6.07) is 17.7. The summed E-state index contributed by atoms with van der Waals surface area (Å²) in [6.45, 7) is 0.322. The van der Waals surface area contributed by atoms with E-state index in [2.05, 4.69) is 32.7 Å². The van der Waals surface area contributed by atoms with E-state index in [1.807, 2.05) is 60.8 Å². The Morgan fingerprint density at radius 1 is 1.14 bits per heavy atom. The van der Waals surface area contributed by atoms with Crippen LogP contribution in [0.15, 0.2) is 72.1 Å². The lowest BCUT2D eigenvalue weighted by atomic mass is 9.98. The number of nitrogens with two attached hydrogens (primary N) is 1. The maximum atomic E-state index is 11.0. The highest BCUT2D eigenvalue weighted by molar-refractivity contribution is 14.1. The minimum atomic E-state index is -0.960. The summed E-state index contributed by atoms with van der Waals surface area (Å²) in [7, 11) is 1.54. The van der Waals surface area contributed by atoms with E-state index in [9.17, 15) is 4.79 Å². The Bertz CT molecular complexity index is 1000. The van der Waals surface area contributed by atoms with Crippen LogP contribution in [0.4, 0.5) is 4.79 Å². The summed E-state index contributed by atoms with van der Waals surface area (Å²) >= 11 is 2.20. The van der Waals surface area contributed by atoms with Gasteiger partial charge in [-0.05, 0) is 51.4 Å². The van der Waals surface area contributed by atoms with E-state index in [0.717, 1.165) is 31.4 Å². The van der Waals surface area contributed by atoms with Gasteiger partial charge in [-0.2, -0.15) is 5.10 Å². The van der Waals surface area contributed by atoms with E-state index in [1.165, 1.54) is 4.90 Å². The second-order valence-corrected chi connectivity index (χ2v) is 7.40. The summed E-state index contributed by atoms with van der Waals surface area (Å²) in [6.07, 6.45) is 2.61. The molecule has 3 rings (SSSR count). The number of rotatable bonds is 5. The van der Waals surface area contributed by atoms with Crippen LogP contribution in [0.25, 0.3) is 11.1 Å².